The van der Waals surface area contributed by atoms with E-state index in [0.717, 1.165) is 17.5 Å². The second-order valence-corrected chi connectivity index (χ2v) is 2.95. The molecule has 0 radical (unpaired) electrons. The number of rotatable bonds is 5. The lowest BCUT2D eigenvalue weighted by Crippen LogP contribution is -2.03. The van der Waals surface area contributed by atoms with E-state index >= 15 is 0 Å². The molecule has 0 aliphatic carbocycles. The summed E-state index contributed by atoms with van der Waals surface area (Å²) in [5.41, 5.74) is 2.10. The van der Waals surface area contributed by atoms with Crippen LogP contribution in [0.5, 0.6) is 0 Å². The number of hydrogen-bond acceptors (Lipinski definition) is 3. The minimum absolute atomic E-state index is 0.412. The fourth-order valence-corrected chi connectivity index (χ4v) is 1.17. The molecule has 4 nitrogen and oxygen atoms in total. The second kappa shape index (κ2) is 5.80. The maximum atomic E-state index is 10.1. The standard InChI is InChI=1S/C11H13NO3/c1-2-9-5-3-4-6-10(9)7-12-15-8-11(13)14/h3-7H,2,8H2,1H3,(H,13,14). The molecule has 1 aromatic rings. The number of aliphatic carboxylic acids is 1. The molecule has 4 heteroatoms. The van der Waals surface area contributed by atoms with Gasteiger partial charge in [-0.2, -0.15) is 0 Å². The van der Waals surface area contributed by atoms with E-state index in [2.05, 4.69) is 9.99 Å². The molecule has 0 aliphatic rings. The number of oxime groups is 1. The van der Waals surface area contributed by atoms with Gasteiger partial charge in [0.25, 0.3) is 0 Å². The third-order valence-electron chi connectivity index (χ3n) is 1.89. The van der Waals surface area contributed by atoms with Crippen molar-refractivity contribution in [3.63, 3.8) is 0 Å². The lowest BCUT2D eigenvalue weighted by Gasteiger charge is -2.00. The first-order valence-electron chi connectivity index (χ1n) is 4.69. The average molecular weight is 207 g/mol. The monoisotopic (exact) mass is 207 g/mol. The van der Waals surface area contributed by atoms with Crippen molar-refractivity contribution in [3.05, 3.63) is 35.4 Å². The zero-order chi connectivity index (χ0) is 11.1. The van der Waals surface area contributed by atoms with Crippen LogP contribution in [-0.4, -0.2) is 23.9 Å². The number of aryl methyl sites for hydroxylation is 1. The molecule has 1 aromatic carbocycles. The summed E-state index contributed by atoms with van der Waals surface area (Å²) in [6, 6.07) is 7.76. The van der Waals surface area contributed by atoms with Crippen LogP contribution in [0.25, 0.3) is 0 Å². The molecule has 0 amide bonds. The Morgan fingerprint density at radius 2 is 2.27 bits per heavy atom. The van der Waals surface area contributed by atoms with Crippen molar-refractivity contribution in [2.45, 2.75) is 13.3 Å². The molecule has 0 heterocycles. The Labute approximate surface area is 88.2 Å². The van der Waals surface area contributed by atoms with Gasteiger partial charge in [0, 0.05) is 0 Å². The van der Waals surface area contributed by atoms with Crippen molar-refractivity contribution < 1.29 is 14.7 Å². The Balaban J connectivity index is 2.59. The van der Waals surface area contributed by atoms with Crippen molar-refractivity contribution in [2.75, 3.05) is 6.61 Å². The predicted octanol–water partition coefficient (Wildman–Crippen LogP) is 1.68. The van der Waals surface area contributed by atoms with Crippen LogP contribution < -0.4 is 0 Å². The fourth-order valence-electron chi connectivity index (χ4n) is 1.17. The van der Waals surface area contributed by atoms with Gasteiger partial charge in [0.05, 0.1) is 6.21 Å². The van der Waals surface area contributed by atoms with Crippen LogP contribution in [-0.2, 0) is 16.1 Å². The summed E-state index contributed by atoms with van der Waals surface area (Å²) in [4.78, 5) is 14.7. The van der Waals surface area contributed by atoms with E-state index in [1.165, 1.54) is 6.21 Å². The molecule has 80 valence electrons. The van der Waals surface area contributed by atoms with Gasteiger partial charge in [-0.1, -0.05) is 36.3 Å². The summed E-state index contributed by atoms with van der Waals surface area (Å²) in [6.45, 7) is 1.63. The number of hydrogen-bond donors (Lipinski definition) is 1. The van der Waals surface area contributed by atoms with Crippen molar-refractivity contribution in [1.29, 1.82) is 0 Å². The molecule has 1 rings (SSSR count). The van der Waals surface area contributed by atoms with Crippen LogP contribution in [0.15, 0.2) is 29.4 Å². The van der Waals surface area contributed by atoms with E-state index in [9.17, 15) is 4.79 Å². The Hall–Kier alpha value is -1.84. The first kappa shape index (κ1) is 11.2. The zero-order valence-electron chi connectivity index (χ0n) is 8.51. The number of nitrogens with zero attached hydrogens (tertiary/aromatic N) is 1. The van der Waals surface area contributed by atoms with Crippen molar-refractivity contribution in [1.82, 2.24) is 0 Å². The second-order valence-electron chi connectivity index (χ2n) is 2.95. The largest absolute Gasteiger partial charge is 0.479 e. The molecule has 0 saturated heterocycles. The van der Waals surface area contributed by atoms with Gasteiger partial charge in [0.15, 0.2) is 0 Å². The Morgan fingerprint density at radius 3 is 2.93 bits per heavy atom. The average Bonchev–Trinajstić information content (AvgIpc) is 2.24. The minimum Gasteiger partial charge on any atom is -0.479 e. The van der Waals surface area contributed by atoms with Gasteiger partial charge in [0.2, 0.25) is 6.61 Å². The van der Waals surface area contributed by atoms with Crippen molar-refractivity contribution >= 4 is 12.2 Å². The van der Waals surface area contributed by atoms with E-state index < -0.39 is 12.6 Å². The Bertz CT molecular complexity index is 361. The molecular formula is C11H13NO3. The van der Waals surface area contributed by atoms with Gasteiger partial charge >= 0.3 is 5.97 Å². The lowest BCUT2D eigenvalue weighted by atomic mass is 10.1. The van der Waals surface area contributed by atoms with E-state index in [-0.39, 0.29) is 0 Å². The Kier molecular flexibility index (Phi) is 4.34. The van der Waals surface area contributed by atoms with Crippen LogP contribution in [0.3, 0.4) is 0 Å². The summed E-state index contributed by atoms with van der Waals surface area (Å²) in [6.07, 6.45) is 2.43. The van der Waals surface area contributed by atoms with Crippen LogP contribution in [0.4, 0.5) is 0 Å². The first-order chi connectivity index (χ1) is 7.24. The number of carbonyl (C=O) groups is 1. The normalized spacial score (nSPS) is 10.5. The SMILES string of the molecule is CCc1ccccc1C=NOCC(=O)O. The minimum atomic E-state index is -1.03. The quantitative estimate of drug-likeness (QED) is 0.590. The summed E-state index contributed by atoms with van der Waals surface area (Å²) in [7, 11) is 0. The van der Waals surface area contributed by atoms with Gasteiger partial charge in [-0.3, -0.25) is 0 Å². The summed E-state index contributed by atoms with van der Waals surface area (Å²) in [5.74, 6) is -1.03. The maximum Gasteiger partial charge on any atom is 0.344 e. The molecule has 0 saturated carbocycles. The smallest absolute Gasteiger partial charge is 0.344 e. The van der Waals surface area contributed by atoms with Crippen LogP contribution in [0.2, 0.25) is 0 Å². The number of carboxylic acids is 1. The number of carboxylic acid groups (broad SMARTS) is 1. The van der Waals surface area contributed by atoms with Gasteiger partial charge in [0.1, 0.15) is 0 Å². The third kappa shape index (κ3) is 3.81. The highest BCUT2D eigenvalue weighted by atomic mass is 16.6. The van der Waals surface area contributed by atoms with Crippen molar-refractivity contribution in [3.8, 4) is 0 Å². The highest BCUT2D eigenvalue weighted by Gasteiger charge is 1.97. The van der Waals surface area contributed by atoms with Gasteiger partial charge in [-0.05, 0) is 17.5 Å². The summed E-state index contributed by atoms with van der Waals surface area (Å²) >= 11 is 0. The fraction of sp³-hybridized carbons (Fsp3) is 0.273. The van der Waals surface area contributed by atoms with Gasteiger partial charge in [-0.15, -0.1) is 0 Å². The molecule has 0 aromatic heterocycles. The van der Waals surface area contributed by atoms with E-state index in [4.69, 9.17) is 5.11 Å². The van der Waals surface area contributed by atoms with Crippen LogP contribution in [0.1, 0.15) is 18.1 Å². The first-order valence-corrected chi connectivity index (χ1v) is 4.69. The zero-order valence-corrected chi connectivity index (χ0v) is 8.51. The predicted molar refractivity (Wildman–Crippen MR) is 57.0 cm³/mol. The van der Waals surface area contributed by atoms with E-state index in [1.54, 1.807) is 0 Å². The highest BCUT2D eigenvalue weighted by molar-refractivity contribution is 5.81. The molecule has 0 fully saturated rings. The van der Waals surface area contributed by atoms with Gasteiger partial charge < -0.3 is 9.94 Å². The molecular weight excluding hydrogens is 194 g/mol. The summed E-state index contributed by atoms with van der Waals surface area (Å²) < 4.78 is 0. The third-order valence-corrected chi connectivity index (χ3v) is 1.89. The molecule has 0 atom stereocenters. The van der Waals surface area contributed by atoms with E-state index in [1.807, 2.05) is 31.2 Å². The number of benzene rings is 1. The molecule has 0 bridgehead atoms. The maximum absolute atomic E-state index is 10.1. The topological polar surface area (TPSA) is 58.9 Å². The molecule has 15 heavy (non-hydrogen) atoms. The van der Waals surface area contributed by atoms with Gasteiger partial charge in [-0.25, -0.2) is 4.79 Å². The molecule has 0 unspecified atom stereocenters. The Morgan fingerprint density at radius 1 is 1.53 bits per heavy atom. The van der Waals surface area contributed by atoms with Crippen LogP contribution >= 0.6 is 0 Å². The molecule has 1 N–H and O–H groups in total. The lowest BCUT2D eigenvalue weighted by molar-refractivity contribution is -0.142. The van der Waals surface area contributed by atoms with Crippen LogP contribution in [0, 0.1) is 0 Å². The summed E-state index contributed by atoms with van der Waals surface area (Å²) in [5, 5.41) is 11.9. The highest BCUT2D eigenvalue weighted by Crippen LogP contribution is 2.06. The molecule has 0 spiro atoms. The van der Waals surface area contributed by atoms with E-state index in [0.29, 0.717) is 0 Å². The molecule has 0 aliphatic heterocycles. The van der Waals surface area contributed by atoms with Crippen molar-refractivity contribution in [2.24, 2.45) is 5.16 Å².